The Balaban J connectivity index is 1.65. The molecule has 0 amide bonds. The number of nitrogens with zero attached hydrogens (tertiary/aromatic N) is 5. The zero-order valence-electron chi connectivity index (χ0n) is 10.4. The number of guanidine groups is 1. The molecule has 7 heteroatoms. The van der Waals surface area contributed by atoms with Gasteiger partial charge >= 0.3 is 0 Å². The molecule has 0 aliphatic carbocycles. The molecule has 0 unspecified atom stereocenters. The average molecular weight is 266 g/mol. The molecule has 1 fully saturated rings. The van der Waals surface area contributed by atoms with E-state index in [2.05, 4.69) is 24.7 Å². The lowest BCUT2D eigenvalue weighted by molar-refractivity contribution is 0.455. The van der Waals surface area contributed by atoms with Crippen molar-refractivity contribution in [3.05, 3.63) is 11.6 Å². The third-order valence-electron chi connectivity index (χ3n) is 3.40. The topological polar surface area (TPSA) is 72.3 Å². The number of nitrogens with two attached hydrogens (primary N) is 1. The van der Waals surface area contributed by atoms with Gasteiger partial charge in [-0.25, -0.2) is 4.99 Å². The molecule has 18 heavy (non-hydrogen) atoms. The van der Waals surface area contributed by atoms with Crippen LogP contribution in [0.4, 0.5) is 0 Å². The highest BCUT2D eigenvalue weighted by molar-refractivity contribution is 7.99. The second-order valence-corrected chi connectivity index (χ2v) is 5.79. The van der Waals surface area contributed by atoms with Gasteiger partial charge in [-0.05, 0) is 6.42 Å². The van der Waals surface area contributed by atoms with Crippen molar-refractivity contribution in [1.29, 1.82) is 0 Å². The maximum absolute atomic E-state index is 6.02. The first-order valence-corrected chi connectivity index (χ1v) is 7.53. The number of aliphatic imine (C=N–C) groups is 1. The second-order valence-electron chi connectivity index (χ2n) is 4.56. The molecule has 2 aliphatic heterocycles. The van der Waals surface area contributed by atoms with Gasteiger partial charge in [0, 0.05) is 37.6 Å². The average Bonchev–Trinajstić information content (AvgIpc) is 3.00. The second kappa shape index (κ2) is 5.17. The van der Waals surface area contributed by atoms with E-state index in [1.807, 2.05) is 11.8 Å². The first kappa shape index (κ1) is 11.8. The van der Waals surface area contributed by atoms with Crippen molar-refractivity contribution in [3.8, 4) is 0 Å². The van der Waals surface area contributed by atoms with Gasteiger partial charge in [-0.1, -0.05) is 0 Å². The van der Waals surface area contributed by atoms with Crippen LogP contribution in [0.3, 0.4) is 0 Å². The van der Waals surface area contributed by atoms with Crippen LogP contribution in [-0.4, -0.2) is 50.2 Å². The number of rotatable bonds is 2. The van der Waals surface area contributed by atoms with E-state index >= 15 is 0 Å². The molecule has 2 N–H and O–H groups in total. The predicted molar refractivity (Wildman–Crippen MR) is 72.6 cm³/mol. The van der Waals surface area contributed by atoms with Crippen LogP contribution in [0.2, 0.25) is 0 Å². The van der Waals surface area contributed by atoms with Gasteiger partial charge in [0.25, 0.3) is 0 Å². The number of fused-ring (bicyclic) bond motifs is 1. The van der Waals surface area contributed by atoms with Crippen LogP contribution in [0, 0.1) is 0 Å². The van der Waals surface area contributed by atoms with Gasteiger partial charge in [-0.3, -0.25) is 0 Å². The summed E-state index contributed by atoms with van der Waals surface area (Å²) in [5, 5.41) is 8.36. The van der Waals surface area contributed by atoms with Crippen LogP contribution >= 0.6 is 11.8 Å². The lowest BCUT2D eigenvalue weighted by atomic mass is 10.4. The number of hydrogen-bond donors (Lipinski definition) is 1. The Kier molecular flexibility index (Phi) is 3.40. The van der Waals surface area contributed by atoms with Gasteiger partial charge in [0.1, 0.15) is 12.4 Å². The largest absolute Gasteiger partial charge is 0.370 e. The van der Waals surface area contributed by atoms with E-state index in [1.165, 1.54) is 6.42 Å². The van der Waals surface area contributed by atoms with E-state index in [0.717, 1.165) is 49.2 Å². The van der Waals surface area contributed by atoms with Crippen molar-refractivity contribution < 1.29 is 0 Å². The van der Waals surface area contributed by atoms with Crippen molar-refractivity contribution >= 4 is 17.7 Å². The Morgan fingerprint density at radius 1 is 1.28 bits per heavy atom. The molecule has 0 bridgehead atoms. The molecule has 0 saturated carbocycles. The summed E-state index contributed by atoms with van der Waals surface area (Å²) in [6, 6.07) is 0. The van der Waals surface area contributed by atoms with Crippen LogP contribution in [0.1, 0.15) is 18.1 Å². The Bertz CT molecular complexity index is 448. The fourth-order valence-corrected chi connectivity index (χ4v) is 3.27. The van der Waals surface area contributed by atoms with Crippen molar-refractivity contribution in [2.45, 2.75) is 25.9 Å². The van der Waals surface area contributed by atoms with Crippen LogP contribution in [-0.2, 0) is 19.5 Å². The molecule has 2 aliphatic rings. The summed E-state index contributed by atoms with van der Waals surface area (Å²) in [6.07, 6.45) is 2.20. The van der Waals surface area contributed by atoms with Crippen molar-refractivity contribution in [2.24, 2.45) is 10.7 Å². The lowest BCUT2D eigenvalue weighted by Crippen LogP contribution is -2.42. The Hall–Kier alpha value is -1.24. The maximum atomic E-state index is 6.02. The fraction of sp³-hybridized carbons (Fsp3) is 0.727. The Morgan fingerprint density at radius 2 is 2.11 bits per heavy atom. The van der Waals surface area contributed by atoms with Crippen molar-refractivity contribution in [2.75, 3.05) is 24.6 Å². The zero-order valence-corrected chi connectivity index (χ0v) is 11.2. The summed E-state index contributed by atoms with van der Waals surface area (Å²) in [5.74, 6) is 4.95. The predicted octanol–water partition coefficient (Wildman–Crippen LogP) is 0.0878. The minimum Gasteiger partial charge on any atom is -0.370 e. The van der Waals surface area contributed by atoms with Crippen LogP contribution in [0.5, 0.6) is 0 Å². The highest BCUT2D eigenvalue weighted by Gasteiger charge is 2.17. The smallest absolute Gasteiger partial charge is 0.191 e. The molecule has 0 spiro atoms. The number of aromatic nitrogens is 3. The van der Waals surface area contributed by atoms with Gasteiger partial charge < -0.3 is 15.2 Å². The monoisotopic (exact) mass is 266 g/mol. The molecule has 0 aromatic carbocycles. The SMILES string of the molecule is NC(=NCc1nnc2n1CCC2)N1CCSCC1. The normalized spacial score (nSPS) is 20.2. The van der Waals surface area contributed by atoms with Crippen LogP contribution in [0.15, 0.2) is 4.99 Å². The van der Waals surface area contributed by atoms with Crippen LogP contribution < -0.4 is 5.73 Å². The van der Waals surface area contributed by atoms with Crippen LogP contribution in [0.25, 0.3) is 0 Å². The lowest BCUT2D eigenvalue weighted by Gasteiger charge is -2.27. The maximum Gasteiger partial charge on any atom is 0.191 e. The van der Waals surface area contributed by atoms with E-state index in [1.54, 1.807) is 0 Å². The van der Waals surface area contributed by atoms with Gasteiger partial charge in [-0.15, -0.1) is 10.2 Å². The van der Waals surface area contributed by atoms with Gasteiger partial charge in [0.2, 0.25) is 0 Å². The summed E-state index contributed by atoms with van der Waals surface area (Å²) in [7, 11) is 0. The highest BCUT2D eigenvalue weighted by atomic mass is 32.2. The summed E-state index contributed by atoms with van der Waals surface area (Å²) in [6.45, 7) is 3.56. The fourth-order valence-electron chi connectivity index (χ4n) is 2.37. The zero-order chi connectivity index (χ0) is 12.4. The summed E-state index contributed by atoms with van der Waals surface area (Å²) in [5.41, 5.74) is 6.02. The van der Waals surface area contributed by atoms with E-state index in [9.17, 15) is 0 Å². The van der Waals surface area contributed by atoms with Gasteiger partial charge in [0.15, 0.2) is 11.8 Å². The molecule has 98 valence electrons. The Labute approximate surface area is 111 Å². The Morgan fingerprint density at radius 3 is 2.94 bits per heavy atom. The molecule has 3 rings (SSSR count). The third kappa shape index (κ3) is 2.31. The molecular formula is C11H18N6S. The van der Waals surface area contributed by atoms with Crippen molar-refractivity contribution in [3.63, 3.8) is 0 Å². The third-order valence-corrected chi connectivity index (χ3v) is 4.35. The number of aryl methyl sites for hydroxylation is 1. The summed E-state index contributed by atoms with van der Waals surface area (Å²) in [4.78, 5) is 6.61. The van der Waals surface area contributed by atoms with Gasteiger partial charge in [0.05, 0.1) is 0 Å². The van der Waals surface area contributed by atoms with E-state index in [4.69, 9.17) is 5.73 Å². The molecule has 0 atom stereocenters. The molecule has 3 heterocycles. The number of hydrogen-bond acceptors (Lipinski definition) is 4. The molecule has 1 saturated heterocycles. The standard InChI is InChI=1S/C11H18N6S/c12-11(16-4-6-18-7-5-16)13-8-10-15-14-9-2-1-3-17(9)10/h1-8H2,(H2,12,13). The molecule has 1 aromatic heterocycles. The first-order chi connectivity index (χ1) is 8.84. The molecule has 0 radical (unpaired) electrons. The minimum absolute atomic E-state index is 0.544. The van der Waals surface area contributed by atoms with E-state index in [0.29, 0.717) is 12.5 Å². The molecular weight excluding hydrogens is 248 g/mol. The summed E-state index contributed by atoms with van der Waals surface area (Å²) < 4.78 is 2.17. The van der Waals surface area contributed by atoms with Gasteiger partial charge in [-0.2, -0.15) is 11.8 Å². The first-order valence-electron chi connectivity index (χ1n) is 6.38. The summed E-state index contributed by atoms with van der Waals surface area (Å²) >= 11 is 1.97. The van der Waals surface area contributed by atoms with E-state index in [-0.39, 0.29) is 0 Å². The highest BCUT2D eigenvalue weighted by Crippen LogP contribution is 2.14. The number of thioether (sulfide) groups is 1. The minimum atomic E-state index is 0.544. The molecule has 6 nitrogen and oxygen atoms in total. The molecule has 1 aromatic rings. The quantitative estimate of drug-likeness (QED) is 0.606. The van der Waals surface area contributed by atoms with Crippen molar-refractivity contribution in [1.82, 2.24) is 19.7 Å². The van der Waals surface area contributed by atoms with E-state index < -0.39 is 0 Å².